The smallest absolute Gasteiger partial charge is 0.330 e. The largest absolute Gasteiger partial charge is 0.478 e. The van der Waals surface area contributed by atoms with Crippen LogP contribution in [0.15, 0.2) is 11.6 Å². The molecule has 0 heterocycles. The summed E-state index contributed by atoms with van der Waals surface area (Å²) < 4.78 is 0. The summed E-state index contributed by atoms with van der Waals surface area (Å²) in [5.41, 5.74) is 0.399. The molecule has 0 atom stereocenters. The zero-order valence-corrected chi connectivity index (χ0v) is 8.50. The van der Waals surface area contributed by atoms with Crippen LogP contribution >= 0.6 is 0 Å². The Morgan fingerprint density at radius 2 is 2.23 bits per heavy atom. The number of hydrogen-bond donors (Lipinski definition) is 2. The first-order valence-corrected chi connectivity index (χ1v) is 4.31. The van der Waals surface area contributed by atoms with Crippen molar-refractivity contribution in [1.29, 1.82) is 0 Å². The lowest BCUT2D eigenvalue weighted by Gasteiger charge is -2.13. The van der Waals surface area contributed by atoms with Crippen LogP contribution < -0.4 is 5.32 Å². The number of carboxylic acids is 1. The Kier molecular flexibility index (Phi) is 6.18. The third-order valence-corrected chi connectivity index (χ3v) is 1.79. The predicted molar refractivity (Wildman–Crippen MR) is 52.8 cm³/mol. The lowest BCUT2D eigenvalue weighted by Crippen LogP contribution is -2.27. The molecule has 0 unspecified atom stereocenters. The SMILES string of the molecule is CNCCN(C)CC=C(C)C(=O)O. The fraction of sp³-hybridized carbons (Fsp3) is 0.667. The highest BCUT2D eigenvalue weighted by Gasteiger charge is 1.99. The van der Waals surface area contributed by atoms with E-state index in [9.17, 15) is 4.79 Å². The van der Waals surface area contributed by atoms with Gasteiger partial charge < -0.3 is 15.3 Å². The molecule has 0 radical (unpaired) electrons. The zero-order valence-electron chi connectivity index (χ0n) is 8.50. The maximum atomic E-state index is 10.4. The summed E-state index contributed by atoms with van der Waals surface area (Å²) in [4.78, 5) is 12.5. The minimum atomic E-state index is -0.845. The minimum absolute atomic E-state index is 0.399. The Morgan fingerprint density at radius 3 is 2.69 bits per heavy atom. The lowest BCUT2D eigenvalue weighted by molar-refractivity contribution is -0.132. The van der Waals surface area contributed by atoms with Crippen molar-refractivity contribution < 1.29 is 9.90 Å². The summed E-state index contributed by atoms with van der Waals surface area (Å²) in [5, 5.41) is 11.6. The van der Waals surface area contributed by atoms with Crippen LogP contribution in [0.2, 0.25) is 0 Å². The molecule has 2 N–H and O–H groups in total. The van der Waals surface area contributed by atoms with Crippen LogP contribution in [0.5, 0.6) is 0 Å². The van der Waals surface area contributed by atoms with Gasteiger partial charge in [0.2, 0.25) is 0 Å². The van der Waals surface area contributed by atoms with E-state index in [4.69, 9.17) is 5.11 Å². The van der Waals surface area contributed by atoms with Gasteiger partial charge >= 0.3 is 5.97 Å². The monoisotopic (exact) mass is 186 g/mol. The van der Waals surface area contributed by atoms with Gasteiger partial charge in [-0.15, -0.1) is 0 Å². The number of hydrogen-bond acceptors (Lipinski definition) is 3. The van der Waals surface area contributed by atoms with Crippen molar-refractivity contribution in [3.63, 3.8) is 0 Å². The summed E-state index contributed by atoms with van der Waals surface area (Å²) >= 11 is 0. The molecule has 4 heteroatoms. The maximum absolute atomic E-state index is 10.4. The second-order valence-corrected chi connectivity index (χ2v) is 3.06. The van der Waals surface area contributed by atoms with Crippen molar-refractivity contribution in [3.05, 3.63) is 11.6 Å². The van der Waals surface area contributed by atoms with Gasteiger partial charge in [0.05, 0.1) is 0 Å². The van der Waals surface area contributed by atoms with Crippen molar-refractivity contribution in [2.24, 2.45) is 0 Å². The number of likely N-dealkylation sites (N-methyl/N-ethyl adjacent to an activating group) is 2. The van der Waals surface area contributed by atoms with Gasteiger partial charge in [0.1, 0.15) is 0 Å². The van der Waals surface area contributed by atoms with Crippen LogP contribution in [0, 0.1) is 0 Å². The molecule has 0 amide bonds. The Hall–Kier alpha value is -0.870. The van der Waals surface area contributed by atoms with Gasteiger partial charge in [0.15, 0.2) is 0 Å². The Bertz CT molecular complexity index is 190. The third kappa shape index (κ3) is 6.31. The van der Waals surface area contributed by atoms with E-state index in [1.807, 2.05) is 14.1 Å². The maximum Gasteiger partial charge on any atom is 0.330 e. The van der Waals surface area contributed by atoms with Crippen LogP contribution in [-0.2, 0) is 4.79 Å². The number of nitrogens with zero attached hydrogens (tertiary/aromatic N) is 1. The van der Waals surface area contributed by atoms with Gasteiger partial charge in [0.25, 0.3) is 0 Å². The van der Waals surface area contributed by atoms with Gasteiger partial charge in [-0.2, -0.15) is 0 Å². The van der Waals surface area contributed by atoms with E-state index in [1.54, 1.807) is 13.0 Å². The van der Waals surface area contributed by atoms with E-state index in [1.165, 1.54) is 0 Å². The summed E-state index contributed by atoms with van der Waals surface area (Å²) in [6.45, 7) is 4.12. The van der Waals surface area contributed by atoms with Crippen LogP contribution in [0.3, 0.4) is 0 Å². The molecule has 0 bridgehead atoms. The van der Waals surface area contributed by atoms with Gasteiger partial charge in [0, 0.05) is 25.2 Å². The first kappa shape index (κ1) is 12.1. The number of carboxylic acid groups (broad SMARTS) is 1. The minimum Gasteiger partial charge on any atom is -0.478 e. The number of nitrogens with one attached hydrogen (secondary N) is 1. The second kappa shape index (κ2) is 6.62. The normalized spacial score (nSPS) is 12.2. The fourth-order valence-electron chi connectivity index (χ4n) is 0.774. The molecule has 0 aromatic heterocycles. The van der Waals surface area contributed by atoms with E-state index in [0.29, 0.717) is 12.1 Å². The molecule has 4 nitrogen and oxygen atoms in total. The molecule has 0 aromatic carbocycles. The Balaban J connectivity index is 3.73. The summed E-state index contributed by atoms with van der Waals surface area (Å²) in [6, 6.07) is 0. The highest BCUT2D eigenvalue weighted by molar-refractivity contribution is 5.85. The van der Waals surface area contributed by atoms with Crippen LogP contribution in [0.4, 0.5) is 0 Å². The van der Waals surface area contributed by atoms with Gasteiger partial charge in [-0.05, 0) is 21.0 Å². The first-order valence-electron chi connectivity index (χ1n) is 4.31. The number of carbonyl (C=O) groups is 1. The standard InChI is InChI=1S/C9H18N2O2/c1-8(9(12)13)4-6-11(3)7-5-10-2/h4,10H,5-7H2,1-3H3,(H,12,13). The highest BCUT2D eigenvalue weighted by Crippen LogP contribution is 1.92. The van der Waals surface area contributed by atoms with Crippen molar-refractivity contribution >= 4 is 5.97 Å². The van der Waals surface area contributed by atoms with Crippen molar-refractivity contribution in [3.8, 4) is 0 Å². The van der Waals surface area contributed by atoms with Crippen molar-refractivity contribution in [1.82, 2.24) is 10.2 Å². The summed E-state index contributed by atoms with van der Waals surface area (Å²) in [7, 11) is 3.86. The third-order valence-electron chi connectivity index (χ3n) is 1.79. The molecular weight excluding hydrogens is 168 g/mol. The molecule has 0 spiro atoms. The summed E-state index contributed by atoms with van der Waals surface area (Å²) in [5.74, 6) is -0.845. The number of rotatable bonds is 6. The lowest BCUT2D eigenvalue weighted by atomic mass is 10.3. The first-order chi connectivity index (χ1) is 6.07. The fourth-order valence-corrected chi connectivity index (χ4v) is 0.774. The molecule has 0 aromatic rings. The molecule has 0 aliphatic rings. The quantitative estimate of drug-likeness (QED) is 0.581. The zero-order chi connectivity index (χ0) is 10.3. The van der Waals surface area contributed by atoms with Crippen LogP contribution in [-0.4, -0.2) is 49.7 Å². The molecule has 0 saturated heterocycles. The molecule has 0 saturated carbocycles. The van der Waals surface area contributed by atoms with E-state index in [2.05, 4.69) is 10.2 Å². The van der Waals surface area contributed by atoms with E-state index >= 15 is 0 Å². The van der Waals surface area contributed by atoms with Crippen molar-refractivity contribution in [2.75, 3.05) is 33.7 Å². The van der Waals surface area contributed by atoms with E-state index in [-0.39, 0.29) is 0 Å². The van der Waals surface area contributed by atoms with Crippen molar-refractivity contribution in [2.45, 2.75) is 6.92 Å². The molecule has 76 valence electrons. The average molecular weight is 186 g/mol. The molecule has 0 aliphatic carbocycles. The van der Waals surface area contributed by atoms with E-state index in [0.717, 1.165) is 13.1 Å². The molecular formula is C9H18N2O2. The topological polar surface area (TPSA) is 52.6 Å². The molecule has 0 rings (SSSR count). The Labute approximate surface area is 79.2 Å². The van der Waals surface area contributed by atoms with Crippen LogP contribution in [0.1, 0.15) is 6.92 Å². The predicted octanol–water partition coefficient (Wildman–Crippen LogP) is 0.169. The summed E-state index contributed by atoms with van der Waals surface area (Å²) in [6.07, 6.45) is 1.72. The van der Waals surface area contributed by atoms with Crippen LogP contribution in [0.25, 0.3) is 0 Å². The molecule has 0 fully saturated rings. The molecule has 13 heavy (non-hydrogen) atoms. The van der Waals surface area contributed by atoms with E-state index < -0.39 is 5.97 Å². The highest BCUT2D eigenvalue weighted by atomic mass is 16.4. The Morgan fingerprint density at radius 1 is 1.62 bits per heavy atom. The van der Waals surface area contributed by atoms with Gasteiger partial charge in [-0.3, -0.25) is 0 Å². The van der Waals surface area contributed by atoms with Gasteiger partial charge in [-0.25, -0.2) is 4.79 Å². The number of aliphatic carboxylic acids is 1. The second-order valence-electron chi connectivity index (χ2n) is 3.06. The van der Waals surface area contributed by atoms with Gasteiger partial charge in [-0.1, -0.05) is 6.08 Å². The molecule has 0 aliphatic heterocycles. The average Bonchev–Trinajstić information content (AvgIpc) is 2.10.